The topological polar surface area (TPSA) is 67.8 Å². The fraction of sp³-hybridized carbons (Fsp3) is 0.375. The van der Waals surface area contributed by atoms with Crippen LogP contribution in [0, 0.1) is 5.41 Å². The first-order valence-corrected chi connectivity index (χ1v) is 7.20. The molecule has 22 heavy (non-hydrogen) atoms. The van der Waals surface area contributed by atoms with Gasteiger partial charge < -0.3 is 4.74 Å². The molecule has 0 radical (unpaired) electrons. The zero-order valence-corrected chi connectivity index (χ0v) is 14.0. The number of hydrogen-bond donors (Lipinski definition) is 1. The second kappa shape index (κ2) is 7.79. The SMILES string of the molecule is COC(=O)/C(CC(=O)C(C)(C)C)=N/NC(=S)c1ccccc1. The van der Waals surface area contributed by atoms with Gasteiger partial charge in [-0.2, -0.15) is 5.10 Å². The van der Waals surface area contributed by atoms with E-state index >= 15 is 0 Å². The van der Waals surface area contributed by atoms with Gasteiger partial charge in [0.25, 0.3) is 0 Å². The Hall–Kier alpha value is -2.08. The van der Waals surface area contributed by atoms with Crippen molar-refractivity contribution in [2.24, 2.45) is 10.5 Å². The molecule has 0 saturated heterocycles. The Morgan fingerprint density at radius 3 is 2.32 bits per heavy atom. The van der Waals surface area contributed by atoms with E-state index in [0.717, 1.165) is 5.56 Å². The van der Waals surface area contributed by atoms with E-state index in [-0.39, 0.29) is 17.9 Å². The Morgan fingerprint density at radius 1 is 1.23 bits per heavy atom. The fourth-order valence-corrected chi connectivity index (χ4v) is 1.65. The highest BCUT2D eigenvalue weighted by Crippen LogP contribution is 2.17. The number of carbonyl (C=O) groups excluding carboxylic acids is 2. The molecule has 1 aromatic rings. The van der Waals surface area contributed by atoms with Gasteiger partial charge in [0.1, 0.15) is 10.8 Å². The number of ketones is 1. The van der Waals surface area contributed by atoms with Crippen molar-refractivity contribution in [1.29, 1.82) is 0 Å². The lowest BCUT2D eigenvalue weighted by atomic mass is 9.88. The Bertz CT molecular complexity index is 589. The number of nitrogens with zero attached hydrogens (tertiary/aromatic N) is 1. The van der Waals surface area contributed by atoms with Crippen LogP contribution in [0.1, 0.15) is 32.8 Å². The number of hydrogen-bond acceptors (Lipinski definition) is 5. The van der Waals surface area contributed by atoms with Gasteiger partial charge in [0.15, 0.2) is 5.71 Å². The third kappa shape index (κ3) is 5.37. The Morgan fingerprint density at radius 2 is 1.82 bits per heavy atom. The summed E-state index contributed by atoms with van der Waals surface area (Å²) < 4.78 is 4.66. The molecular weight excluding hydrogens is 300 g/mol. The minimum absolute atomic E-state index is 0.000654. The van der Waals surface area contributed by atoms with Gasteiger partial charge in [0, 0.05) is 11.0 Å². The van der Waals surface area contributed by atoms with Crippen molar-refractivity contribution in [2.45, 2.75) is 27.2 Å². The number of ether oxygens (including phenoxy) is 1. The molecule has 0 aliphatic heterocycles. The molecule has 0 fully saturated rings. The van der Waals surface area contributed by atoms with E-state index in [9.17, 15) is 9.59 Å². The van der Waals surface area contributed by atoms with E-state index < -0.39 is 11.4 Å². The van der Waals surface area contributed by atoms with Gasteiger partial charge in [0.05, 0.1) is 13.5 Å². The Kier molecular flexibility index (Phi) is 6.37. The van der Waals surface area contributed by atoms with Crippen LogP contribution in [0.3, 0.4) is 0 Å². The number of nitrogens with one attached hydrogen (secondary N) is 1. The van der Waals surface area contributed by atoms with Gasteiger partial charge in [0.2, 0.25) is 0 Å². The average Bonchev–Trinajstić information content (AvgIpc) is 2.49. The highest BCUT2D eigenvalue weighted by atomic mass is 32.1. The maximum absolute atomic E-state index is 12.1. The summed E-state index contributed by atoms with van der Waals surface area (Å²) in [6.45, 7) is 5.35. The minimum Gasteiger partial charge on any atom is -0.464 e. The maximum atomic E-state index is 12.1. The van der Waals surface area contributed by atoms with Gasteiger partial charge in [-0.05, 0) is 0 Å². The molecule has 0 spiro atoms. The summed E-state index contributed by atoms with van der Waals surface area (Å²) in [6.07, 6.45) is -0.111. The van der Waals surface area contributed by atoms with E-state index in [1.54, 1.807) is 20.8 Å². The van der Waals surface area contributed by atoms with Crippen LogP contribution < -0.4 is 5.43 Å². The van der Waals surface area contributed by atoms with Crippen molar-refractivity contribution < 1.29 is 14.3 Å². The fourth-order valence-electron chi connectivity index (χ4n) is 1.46. The second-order valence-electron chi connectivity index (χ2n) is 5.71. The molecule has 0 aliphatic carbocycles. The highest BCUT2D eigenvalue weighted by molar-refractivity contribution is 7.80. The number of Topliss-reactive ketones (excluding diaryl/α,β-unsaturated/α-hetero) is 1. The summed E-state index contributed by atoms with van der Waals surface area (Å²) in [5.41, 5.74) is 2.85. The number of carbonyl (C=O) groups is 2. The van der Waals surface area contributed by atoms with Gasteiger partial charge in [-0.25, -0.2) is 4.79 Å². The Labute approximate surface area is 135 Å². The quantitative estimate of drug-likeness (QED) is 0.391. The van der Waals surface area contributed by atoms with E-state index in [0.29, 0.717) is 4.99 Å². The second-order valence-corrected chi connectivity index (χ2v) is 6.12. The molecule has 5 nitrogen and oxygen atoms in total. The lowest BCUT2D eigenvalue weighted by molar-refractivity contribution is -0.134. The van der Waals surface area contributed by atoms with Crippen molar-refractivity contribution in [2.75, 3.05) is 7.11 Å². The van der Waals surface area contributed by atoms with Crippen molar-refractivity contribution in [3.8, 4) is 0 Å². The number of hydrazone groups is 1. The van der Waals surface area contributed by atoms with Gasteiger partial charge in [-0.15, -0.1) is 0 Å². The molecule has 0 atom stereocenters. The monoisotopic (exact) mass is 320 g/mol. The lowest BCUT2D eigenvalue weighted by Gasteiger charge is -2.16. The normalized spacial score (nSPS) is 11.7. The average molecular weight is 320 g/mol. The molecular formula is C16H20N2O3S. The first kappa shape index (κ1) is 18.0. The first-order valence-electron chi connectivity index (χ1n) is 6.79. The summed E-state index contributed by atoms with van der Waals surface area (Å²) in [5.74, 6) is -0.759. The van der Waals surface area contributed by atoms with Crippen LogP contribution in [-0.2, 0) is 14.3 Å². The third-order valence-electron chi connectivity index (χ3n) is 2.91. The van der Waals surface area contributed by atoms with Crippen molar-refractivity contribution >= 4 is 34.7 Å². The zero-order chi connectivity index (χ0) is 16.8. The van der Waals surface area contributed by atoms with E-state index in [1.165, 1.54) is 7.11 Å². The van der Waals surface area contributed by atoms with Crippen LogP contribution in [0.15, 0.2) is 35.4 Å². The summed E-state index contributed by atoms with van der Waals surface area (Å²) in [5, 5.41) is 3.95. The number of rotatable bonds is 5. The molecule has 0 bridgehead atoms. The molecule has 0 heterocycles. The van der Waals surface area contributed by atoms with E-state index in [2.05, 4.69) is 15.3 Å². The predicted octanol–water partition coefficient (Wildman–Crippen LogP) is 2.49. The smallest absolute Gasteiger partial charge is 0.354 e. The molecule has 6 heteroatoms. The lowest BCUT2D eigenvalue weighted by Crippen LogP contribution is -2.29. The molecule has 1 aromatic carbocycles. The molecule has 1 N–H and O–H groups in total. The summed E-state index contributed by atoms with van der Waals surface area (Å²) in [4.78, 5) is 24.2. The van der Waals surface area contributed by atoms with E-state index in [1.807, 2.05) is 30.3 Å². The summed E-state index contributed by atoms with van der Waals surface area (Å²) in [7, 11) is 1.24. The number of benzene rings is 1. The molecule has 0 aromatic heterocycles. The number of thiocarbonyl (C=S) groups is 1. The minimum atomic E-state index is -0.652. The van der Waals surface area contributed by atoms with E-state index in [4.69, 9.17) is 12.2 Å². The van der Waals surface area contributed by atoms with Crippen molar-refractivity contribution in [3.63, 3.8) is 0 Å². The van der Waals surface area contributed by atoms with Crippen LogP contribution in [0.25, 0.3) is 0 Å². The standard InChI is InChI=1S/C16H20N2O3S/c1-16(2,3)13(19)10-12(15(20)21-4)17-18-14(22)11-8-6-5-7-9-11/h5-9H,10H2,1-4H3,(H,18,22)/b17-12+. The highest BCUT2D eigenvalue weighted by Gasteiger charge is 2.26. The largest absolute Gasteiger partial charge is 0.464 e. The number of esters is 1. The summed E-state index contributed by atoms with van der Waals surface area (Å²) in [6, 6.07) is 9.21. The molecule has 0 amide bonds. The molecule has 0 aliphatic rings. The maximum Gasteiger partial charge on any atom is 0.354 e. The zero-order valence-electron chi connectivity index (χ0n) is 13.2. The van der Waals surface area contributed by atoms with Crippen molar-refractivity contribution in [1.82, 2.24) is 5.43 Å². The van der Waals surface area contributed by atoms with Gasteiger partial charge >= 0.3 is 5.97 Å². The predicted molar refractivity (Wildman–Crippen MR) is 89.8 cm³/mol. The molecule has 0 saturated carbocycles. The van der Waals surface area contributed by atoms with Crippen LogP contribution in [-0.4, -0.2) is 29.6 Å². The van der Waals surface area contributed by atoms with Crippen LogP contribution in [0.4, 0.5) is 0 Å². The first-order chi connectivity index (χ1) is 10.3. The Balaban J connectivity index is 2.86. The third-order valence-corrected chi connectivity index (χ3v) is 3.24. The molecule has 118 valence electrons. The van der Waals surface area contributed by atoms with Gasteiger partial charge in [-0.1, -0.05) is 63.3 Å². The summed E-state index contributed by atoms with van der Waals surface area (Å²) >= 11 is 5.19. The molecule has 1 rings (SSSR count). The molecule has 0 unspecified atom stereocenters. The van der Waals surface area contributed by atoms with Crippen LogP contribution in [0.2, 0.25) is 0 Å². The number of methoxy groups -OCH3 is 1. The van der Waals surface area contributed by atoms with Gasteiger partial charge in [-0.3, -0.25) is 10.2 Å². The van der Waals surface area contributed by atoms with Crippen LogP contribution >= 0.6 is 12.2 Å². The van der Waals surface area contributed by atoms with Crippen molar-refractivity contribution in [3.05, 3.63) is 35.9 Å². The van der Waals surface area contributed by atoms with Crippen LogP contribution in [0.5, 0.6) is 0 Å².